The molecule has 0 amide bonds. The fraction of sp³-hybridized carbons (Fsp3) is 0.100. The fourth-order valence-electron chi connectivity index (χ4n) is 2.99. The number of hydrogen-bond donors (Lipinski definition) is 0. The molecular formula is C20H14N4OS3. The van der Waals surface area contributed by atoms with Crippen molar-refractivity contribution in [2.24, 2.45) is 0 Å². The minimum atomic E-state index is -0.0360. The molecule has 0 spiro atoms. The smallest absolute Gasteiger partial charge is 0.258 e. The van der Waals surface area contributed by atoms with Gasteiger partial charge in [-0.05, 0) is 24.4 Å². The molecule has 0 radical (unpaired) electrons. The van der Waals surface area contributed by atoms with E-state index in [9.17, 15) is 4.79 Å². The highest BCUT2D eigenvalue weighted by molar-refractivity contribution is 7.98. The third-order valence-corrected chi connectivity index (χ3v) is 7.13. The summed E-state index contributed by atoms with van der Waals surface area (Å²) in [4.78, 5) is 28.3. The summed E-state index contributed by atoms with van der Waals surface area (Å²) in [5.41, 5.74) is 2.56. The molecule has 4 aromatic heterocycles. The summed E-state index contributed by atoms with van der Waals surface area (Å²) in [7, 11) is 0. The number of rotatable bonds is 4. The molecule has 138 valence electrons. The van der Waals surface area contributed by atoms with Crippen molar-refractivity contribution in [3.05, 3.63) is 75.0 Å². The van der Waals surface area contributed by atoms with E-state index in [-0.39, 0.29) is 5.56 Å². The molecule has 0 aliphatic rings. The van der Waals surface area contributed by atoms with E-state index in [0.29, 0.717) is 5.75 Å². The Morgan fingerprint density at radius 2 is 1.96 bits per heavy atom. The molecule has 0 aliphatic heterocycles. The van der Waals surface area contributed by atoms with Crippen LogP contribution in [0.25, 0.3) is 26.6 Å². The Bertz CT molecular complexity index is 1360. The molecular weight excluding hydrogens is 408 g/mol. The number of benzene rings is 1. The molecule has 1 aromatic carbocycles. The number of fused-ring (bicyclic) bond motifs is 2. The average Bonchev–Trinajstić information content (AvgIpc) is 3.36. The molecule has 0 aliphatic carbocycles. The van der Waals surface area contributed by atoms with Crippen LogP contribution >= 0.6 is 34.4 Å². The predicted molar refractivity (Wildman–Crippen MR) is 116 cm³/mol. The maximum absolute atomic E-state index is 12.4. The molecule has 5 nitrogen and oxygen atoms in total. The summed E-state index contributed by atoms with van der Waals surface area (Å²) < 4.78 is 1.65. The van der Waals surface area contributed by atoms with Crippen LogP contribution < -0.4 is 5.56 Å². The molecule has 5 rings (SSSR count). The number of aromatic nitrogens is 4. The third kappa shape index (κ3) is 3.13. The molecule has 5 aromatic rings. The number of thiophene rings is 1. The maximum Gasteiger partial charge on any atom is 0.258 e. The highest BCUT2D eigenvalue weighted by atomic mass is 32.2. The van der Waals surface area contributed by atoms with Gasteiger partial charge in [-0.1, -0.05) is 36.0 Å². The molecule has 0 atom stereocenters. The van der Waals surface area contributed by atoms with Crippen molar-refractivity contribution < 1.29 is 0 Å². The van der Waals surface area contributed by atoms with Crippen LogP contribution in [0.15, 0.2) is 63.0 Å². The summed E-state index contributed by atoms with van der Waals surface area (Å²) in [6, 6.07) is 13.7. The van der Waals surface area contributed by atoms with Gasteiger partial charge in [0.05, 0.1) is 16.1 Å². The standard InChI is InChI=1S/C20H14N4OS3/c1-12-10-28-20-21-13(9-17(25)24(12)20)11-27-19-14-5-2-3-6-15(14)22-18(23-19)16-7-4-8-26-16/h2-10H,11H2,1H3. The molecule has 8 heteroatoms. The zero-order chi connectivity index (χ0) is 19.1. The molecule has 0 N–H and O–H groups in total. The highest BCUT2D eigenvalue weighted by Crippen LogP contribution is 2.31. The molecule has 28 heavy (non-hydrogen) atoms. The van der Waals surface area contributed by atoms with Crippen LogP contribution in [0.4, 0.5) is 0 Å². The van der Waals surface area contributed by atoms with Gasteiger partial charge in [-0.3, -0.25) is 9.20 Å². The highest BCUT2D eigenvalue weighted by Gasteiger charge is 2.12. The average molecular weight is 423 g/mol. The number of aryl methyl sites for hydroxylation is 1. The van der Waals surface area contributed by atoms with Gasteiger partial charge in [-0.25, -0.2) is 15.0 Å². The van der Waals surface area contributed by atoms with Crippen molar-refractivity contribution in [1.29, 1.82) is 0 Å². The van der Waals surface area contributed by atoms with Gasteiger partial charge in [0.15, 0.2) is 10.8 Å². The van der Waals surface area contributed by atoms with Crippen LogP contribution in [0.1, 0.15) is 11.4 Å². The Kier molecular flexibility index (Phi) is 4.46. The summed E-state index contributed by atoms with van der Waals surface area (Å²) in [5, 5.41) is 5.89. The molecule has 4 heterocycles. The lowest BCUT2D eigenvalue weighted by atomic mass is 10.2. The van der Waals surface area contributed by atoms with Gasteiger partial charge in [0.1, 0.15) is 5.03 Å². The second-order valence-corrected chi connectivity index (χ2v) is 8.96. The number of para-hydroxylation sites is 1. The van der Waals surface area contributed by atoms with Gasteiger partial charge in [0.25, 0.3) is 5.56 Å². The van der Waals surface area contributed by atoms with Crippen LogP contribution in [-0.4, -0.2) is 19.4 Å². The second-order valence-electron chi connectivity index (χ2n) is 6.22. The number of thiazole rings is 1. The van der Waals surface area contributed by atoms with Crippen LogP contribution in [-0.2, 0) is 5.75 Å². The first-order valence-corrected chi connectivity index (χ1v) is 11.3. The van der Waals surface area contributed by atoms with E-state index in [4.69, 9.17) is 9.97 Å². The van der Waals surface area contributed by atoms with Crippen molar-refractivity contribution in [3.8, 4) is 10.7 Å². The predicted octanol–water partition coefficient (Wildman–Crippen LogP) is 5.03. The SMILES string of the molecule is Cc1csc2nc(CSc3nc(-c4cccs4)nc4ccccc34)cc(=O)n12. The first kappa shape index (κ1) is 17.5. The summed E-state index contributed by atoms with van der Waals surface area (Å²) in [6.45, 7) is 1.92. The van der Waals surface area contributed by atoms with Crippen LogP contribution in [0.5, 0.6) is 0 Å². The Hall–Kier alpha value is -2.55. The molecule has 0 fully saturated rings. The van der Waals surface area contributed by atoms with E-state index in [2.05, 4.69) is 4.98 Å². The largest absolute Gasteiger partial charge is 0.269 e. The van der Waals surface area contributed by atoms with E-state index >= 15 is 0 Å². The van der Waals surface area contributed by atoms with E-state index in [1.807, 2.05) is 54.1 Å². The zero-order valence-corrected chi connectivity index (χ0v) is 17.3. The molecule has 0 saturated carbocycles. The first-order valence-electron chi connectivity index (χ1n) is 8.59. The zero-order valence-electron chi connectivity index (χ0n) is 14.8. The van der Waals surface area contributed by atoms with Crippen LogP contribution in [0, 0.1) is 6.92 Å². The lowest BCUT2D eigenvalue weighted by molar-refractivity contribution is 0.996. The van der Waals surface area contributed by atoms with Gasteiger partial charge < -0.3 is 0 Å². The summed E-state index contributed by atoms with van der Waals surface area (Å²) in [5.74, 6) is 1.31. The van der Waals surface area contributed by atoms with Crippen molar-refractivity contribution >= 4 is 50.3 Å². The Morgan fingerprint density at radius 3 is 2.82 bits per heavy atom. The normalized spacial score (nSPS) is 11.5. The van der Waals surface area contributed by atoms with Crippen LogP contribution in [0.3, 0.4) is 0 Å². The summed E-state index contributed by atoms with van der Waals surface area (Å²) >= 11 is 4.70. The van der Waals surface area contributed by atoms with Crippen molar-refractivity contribution in [2.45, 2.75) is 17.7 Å². The van der Waals surface area contributed by atoms with Crippen molar-refractivity contribution in [2.75, 3.05) is 0 Å². The van der Waals surface area contributed by atoms with Crippen molar-refractivity contribution in [3.63, 3.8) is 0 Å². The van der Waals surface area contributed by atoms with E-state index in [1.165, 1.54) is 11.3 Å². The second kappa shape index (κ2) is 7.12. The Labute approximate surface area is 172 Å². The quantitative estimate of drug-likeness (QED) is 0.300. The monoisotopic (exact) mass is 422 g/mol. The Balaban J connectivity index is 1.54. The van der Waals surface area contributed by atoms with Gasteiger partial charge in [-0.15, -0.1) is 22.7 Å². The summed E-state index contributed by atoms with van der Waals surface area (Å²) in [6.07, 6.45) is 0. The van der Waals surface area contributed by atoms with Gasteiger partial charge in [0.2, 0.25) is 0 Å². The van der Waals surface area contributed by atoms with Crippen LogP contribution in [0.2, 0.25) is 0 Å². The lowest BCUT2D eigenvalue weighted by Crippen LogP contribution is -2.14. The first-order chi connectivity index (χ1) is 13.7. The third-order valence-electron chi connectivity index (χ3n) is 4.30. The minimum Gasteiger partial charge on any atom is -0.269 e. The van der Waals surface area contributed by atoms with Crippen molar-refractivity contribution in [1.82, 2.24) is 19.4 Å². The lowest BCUT2D eigenvalue weighted by Gasteiger charge is -2.08. The topological polar surface area (TPSA) is 60.2 Å². The number of hydrogen-bond acceptors (Lipinski definition) is 7. The molecule has 0 saturated heterocycles. The van der Waals surface area contributed by atoms with Gasteiger partial charge in [0, 0.05) is 28.3 Å². The fourth-order valence-corrected chi connectivity index (χ4v) is 5.45. The molecule has 0 bridgehead atoms. The van der Waals surface area contributed by atoms with Gasteiger partial charge >= 0.3 is 0 Å². The van der Waals surface area contributed by atoms with E-state index in [0.717, 1.165) is 43.0 Å². The number of thioether (sulfide) groups is 1. The Morgan fingerprint density at radius 1 is 1.07 bits per heavy atom. The molecule has 0 unspecified atom stereocenters. The van der Waals surface area contributed by atoms with E-state index in [1.54, 1.807) is 33.6 Å². The maximum atomic E-state index is 12.4. The van der Waals surface area contributed by atoms with Gasteiger partial charge in [-0.2, -0.15) is 0 Å². The number of nitrogens with zero attached hydrogens (tertiary/aromatic N) is 4. The minimum absolute atomic E-state index is 0.0360. The van der Waals surface area contributed by atoms with E-state index < -0.39 is 0 Å².